The zero-order chi connectivity index (χ0) is 13.2. The molecule has 2 rings (SSSR count). The van der Waals surface area contributed by atoms with E-state index in [1.807, 2.05) is 0 Å². The highest BCUT2D eigenvalue weighted by molar-refractivity contribution is 5.46. The Labute approximate surface area is 104 Å². The van der Waals surface area contributed by atoms with Crippen molar-refractivity contribution in [3.05, 3.63) is 29.8 Å². The molecular formula is C13H16F3NO. The second kappa shape index (κ2) is 5.18. The molecule has 0 saturated carbocycles. The molecule has 1 aliphatic rings. The van der Waals surface area contributed by atoms with Crippen molar-refractivity contribution in [2.24, 2.45) is 5.92 Å². The van der Waals surface area contributed by atoms with Gasteiger partial charge in [-0.05, 0) is 36.6 Å². The van der Waals surface area contributed by atoms with Crippen LogP contribution >= 0.6 is 0 Å². The van der Waals surface area contributed by atoms with Gasteiger partial charge in [-0.3, -0.25) is 0 Å². The van der Waals surface area contributed by atoms with Gasteiger partial charge in [-0.2, -0.15) is 13.2 Å². The first-order chi connectivity index (χ1) is 8.47. The van der Waals surface area contributed by atoms with Gasteiger partial charge in [0, 0.05) is 18.3 Å². The third kappa shape index (κ3) is 3.16. The number of hydrogen-bond donors (Lipinski definition) is 1. The van der Waals surface area contributed by atoms with E-state index >= 15 is 0 Å². The summed E-state index contributed by atoms with van der Waals surface area (Å²) >= 11 is 0. The lowest BCUT2D eigenvalue weighted by Gasteiger charge is -2.30. The van der Waals surface area contributed by atoms with Crippen LogP contribution in [-0.4, -0.2) is 19.3 Å². The molecule has 2 nitrogen and oxygen atoms in total. The van der Waals surface area contributed by atoms with Gasteiger partial charge in [0.1, 0.15) is 0 Å². The minimum atomic E-state index is -4.27. The van der Waals surface area contributed by atoms with Crippen molar-refractivity contribution in [3.63, 3.8) is 0 Å². The van der Waals surface area contributed by atoms with Crippen LogP contribution in [-0.2, 0) is 10.9 Å². The Balaban J connectivity index is 2.02. The standard InChI is InChI=1S/C13H16F3NO/c1-9-8-18-7-6-12(9)17-11-4-2-10(3-5-11)13(14,15)16/h2-5,9,12,17H,6-8H2,1H3. The first kappa shape index (κ1) is 13.2. The normalized spacial score (nSPS) is 24.9. The SMILES string of the molecule is CC1COCCC1Nc1ccc(C(F)(F)F)cc1. The molecule has 18 heavy (non-hydrogen) atoms. The second-order valence-electron chi connectivity index (χ2n) is 4.67. The lowest BCUT2D eigenvalue weighted by molar-refractivity contribution is -0.137. The van der Waals surface area contributed by atoms with Crippen LogP contribution in [0.5, 0.6) is 0 Å². The Kier molecular flexibility index (Phi) is 3.80. The number of halogens is 3. The van der Waals surface area contributed by atoms with Crippen LogP contribution in [0.4, 0.5) is 18.9 Å². The van der Waals surface area contributed by atoms with E-state index in [9.17, 15) is 13.2 Å². The van der Waals surface area contributed by atoms with Gasteiger partial charge in [0.15, 0.2) is 0 Å². The van der Waals surface area contributed by atoms with E-state index < -0.39 is 11.7 Å². The van der Waals surface area contributed by atoms with Gasteiger partial charge in [0.2, 0.25) is 0 Å². The summed E-state index contributed by atoms with van der Waals surface area (Å²) in [4.78, 5) is 0. The lowest BCUT2D eigenvalue weighted by Crippen LogP contribution is -2.35. The highest BCUT2D eigenvalue weighted by Gasteiger charge is 2.30. The van der Waals surface area contributed by atoms with Crippen LogP contribution in [0.1, 0.15) is 18.9 Å². The highest BCUT2D eigenvalue weighted by atomic mass is 19.4. The average Bonchev–Trinajstić information content (AvgIpc) is 2.32. The monoisotopic (exact) mass is 259 g/mol. The quantitative estimate of drug-likeness (QED) is 0.877. The van der Waals surface area contributed by atoms with Crippen LogP contribution in [0.15, 0.2) is 24.3 Å². The van der Waals surface area contributed by atoms with E-state index in [0.29, 0.717) is 19.1 Å². The minimum absolute atomic E-state index is 0.260. The number of benzene rings is 1. The smallest absolute Gasteiger partial charge is 0.382 e. The average molecular weight is 259 g/mol. The molecule has 1 aromatic rings. The van der Waals surface area contributed by atoms with Gasteiger partial charge in [0.25, 0.3) is 0 Å². The molecule has 1 heterocycles. The third-order valence-electron chi connectivity index (χ3n) is 3.21. The molecule has 0 radical (unpaired) electrons. The Morgan fingerprint density at radius 2 is 1.89 bits per heavy atom. The summed E-state index contributed by atoms with van der Waals surface area (Å²) in [5.41, 5.74) is 0.106. The number of hydrogen-bond acceptors (Lipinski definition) is 2. The summed E-state index contributed by atoms with van der Waals surface area (Å²) in [6.45, 7) is 3.46. The number of ether oxygens (including phenoxy) is 1. The third-order valence-corrected chi connectivity index (χ3v) is 3.21. The maximum atomic E-state index is 12.4. The summed E-state index contributed by atoms with van der Waals surface area (Å²) in [7, 11) is 0. The molecule has 0 aliphatic carbocycles. The fourth-order valence-corrected chi connectivity index (χ4v) is 2.06. The van der Waals surface area contributed by atoms with Crippen LogP contribution in [0.25, 0.3) is 0 Å². The van der Waals surface area contributed by atoms with E-state index in [2.05, 4.69) is 12.2 Å². The van der Waals surface area contributed by atoms with Crippen LogP contribution in [0.2, 0.25) is 0 Å². The highest BCUT2D eigenvalue weighted by Crippen LogP contribution is 2.30. The van der Waals surface area contributed by atoms with Crippen molar-refractivity contribution in [2.75, 3.05) is 18.5 Å². The molecule has 0 bridgehead atoms. The maximum Gasteiger partial charge on any atom is 0.416 e. The Bertz CT molecular complexity index is 388. The zero-order valence-electron chi connectivity index (χ0n) is 10.1. The van der Waals surface area contributed by atoms with Crippen LogP contribution in [0.3, 0.4) is 0 Å². The molecule has 0 aromatic heterocycles. The predicted octanol–water partition coefficient (Wildman–Crippen LogP) is 3.54. The van der Waals surface area contributed by atoms with Gasteiger partial charge < -0.3 is 10.1 Å². The van der Waals surface area contributed by atoms with Gasteiger partial charge in [-0.15, -0.1) is 0 Å². The molecule has 2 unspecified atom stereocenters. The second-order valence-corrected chi connectivity index (χ2v) is 4.67. The van der Waals surface area contributed by atoms with Crippen molar-refractivity contribution >= 4 is 5.69 Å². The summed E-state index contributed by atoms with van der Waals surface area (Å²) < 4.78 is 42.5. The Hall–Kier alpha value is -1.23. The molecule has 1 N–H and O–H groups in total. The molecular weight excluding hydrogens is 243 g/mol. The van der Waals surface area contributed by atoms with Gasteiger partial charge in [-0.1, -0.05) is 6.92 Å². The summed E-state index contributed by atoms with van der Waals surface area (Å²) in [6.07, 6.45) is -3.40. The number of anilines is 1. The molecule has 100 valence electrons. The molecule has 1 aromatic carbocycles. The molecule has 5 heteroatoms. The van der Waals surface area contributed by atoms with Crippen molar-refractivity contribution in [3.8, 4) is 0 Å². The molecule has 1 fully saturated rings. The molecule has 0 amide bonds. The largest absolute Gasteiger partial charge is 0.416 e. The molecule has 0 spiro atoms. The van der Waals surface area contributed by atoms with Gasteiger partial charge in [0.05, 0.1) is 12.2 Å². The fraction of sp³-hybridized carbons (Fsp3) is 0.538. The van der Waals surface area contributed by atoms with E-state index in [0.717, 1.165) is 24.2 Å². The van der Waals surface area contributed by atoms with Crippen LogP contribution in [0, 0.1) is 5.92 Å². The van der Waals surface area contributed by atoms with E-state index in [4.69, 9.17) is 4.74 Å². The predicted molar refractivity (Wildman–Crippen MR) is 63.5 cm³/mol. The van der Waals surface area contributed by atoms with Gasteiger partial charge >= 0.3 is 6.18 Å². The van der Waals surface area contributed by atoms with Crippen molar-refractivity contribution in [1.29, 1.82) is 0 Å². The summed E-state index contributed by atoms with van der Waals surface area (Å²) in [5, 5.41) is 3.26. The molecule has 1 aliphatic heterocycles. The van der Waals surface area contributed by atoms with Crippen molar-refractivity contribution in [1.82, 2.24) is 0 Å². The number of alkyl halides is 3. The van der Waals surface area contributed by atoms with Crippen molar-refractivity contribution < 1.29 is 17.9 Å². The number of rotatable bonds is 2. The fourth-order valence-electron chi connectivity index (χ4n) is 2.06. The van der Waals surface area contributed by atoms with E-state index in [1.54, 1.807) is 0 Å². The number of nitrogens with one attached hydrogen (secondary N) is 1. The first-order valence-corrected chi connectivity index (χ1v) is 5.98. The topological polar surface area (TPSA) is 21.3 Å². The van der Waals surface area contributed by atoms with E-state index in [1.165, 1.54) is 12.1 Å². The Morgan fingerprint density at radius 3 is 2.44 bits per heavy atom. The van der Waals surface area contributed by atoms with Crippen LogP contribution < -0.4 is 5.32 Å². The zero-order valence-corrected chi connectivity index (χ0v) is 10.1. The minimum Gasteiger partial charge on any atom is -0.382 e. The summed E-state index contributed by atoms with van der Waals surface area (Å²) in [6, 6.07) is 5.42. The first-order valence-electron chi connectivity index (χ1n) is 5.98. The summed E-state index contributed by atoms with van der Waals surface area (Å²) in [5.74, 6) is 0.362. The lowest BCUT2D eigenvalue weighted by atomic mass is 9.97. The molecule has 1 saturated heterocycles. The maximum absolute atomic E-state index is 12.4. The molecule has 2 atom stereocenters. The van der Waals surface area contributed by atoms with E-state index in [-0.39, 0.29) is 6.04 Å². The van der Waals surface area contributed by atoms with Crippen molar-refractivity contribution in [2.45, 2.75) is 25.6 Å². The van der Waals surface area contributed by atoms with Gasteiger partial charge in [-0.25, -0.2) is 0 Å². The Morgan fingerprint density at radius 1 is 1.22 bits per heavy atom.